The van der Waals surface area contributed by atoms with Crippen LogP contribution < -0.4 is 5.32 Å². The van der Waals surface area contributed by atoms with Crippen molar-refractivity contribution < 1.29 is 14.3 Å². The quantitative estimate of drug-likeness (QED) is 0.625. The fourth-order valence-electron chi connectivity index (χ4n) is 0.786. The standard InChI is InChI=1S/C9H16Cl3NO3/c1-4-15-8(14)13-7(9(10,11)12)16-5-6(2)3/h6-7H,4-5H2,1-3H3,(H,13,14)/t7-/m0/s1. The average Bonchev–Trinajstić information content (AvgIpc) is 2.10. The first kappa shape index (κ1) is 16.1. The van der Waals surface area contributed by atoms with Gasteiger partial charge in [0.25, 0.3) is 0 Å². The Kier molecular flexibility index (Phi) is 7.48. The first-order chi connectivity index (χ1) is 7.27. The van der Waals surface area contributed by atoms with Crippen LogP contribution in [0.15, 0.2) is 0 Å². The molecule has 0 aliphatic rings. The van der Waals surface area contributed by atoms with E-state index in [-0.39, 0.29) is 12.5 Å². The molecule has 0 spiro atoms. The van der Waals surface area contributed by atoms with Crippen LogP contribution in [-0.4, -0.2) is 29.3 Å². The van der Waals surface area contributed by atoms with Crippen molar-refractivity contribution in [3.05, 3.63) is 0 Å². The predicted molar refractivity (Wildman–Crippen MR) is 65.0 cm³/mol. The molecule has 0 fully saturated rings. The number of halogens is 3. The molecule has 0 rings (SSSR count). The van der Waals surface area contributed by atoms with Crippen molar-refractivity contribution in [3.8, 4) is 0 Å². The Morgan fingerprint density at radius 2 is 1.94 bits per heavy atom. The lowest BCUT2D eigenvalue weighted by Gasteiger charge is -2.25. The van der Waals surface area contributed by atoms with Crippen LogP contribution in [0, 0.1) is 5.92 Å². The second-order valence-corrected chi connectivity index (χ2v) is 5.88. The molecule has 0 radical (unpaired) electrons. The molecule has 1 amide bonds. The highest BCUT2D eigenvalue weighted by Gasteiger charge is 2.35. The second kappa shape index (κ2) is 7.43. The van der Waals surface area contributed by atoms with E-state index in [0.717, 1.165) is 0 Å². The Bertz CT molecular complexity index is 219. The molecule has 16 heavy (non-hydrogen) atoms. The lowest BCUT2D eigenvalue weighted by molar-refractivity contribution is 0.0152. The van der Waals surface area contributed by atoms with Crippen molar-refractivity contribution >= 4 is 40.9 Å². The molecule has 0 saturated heterocycles. The summed E-state index contributed by atoms with van der Waals surface area (Å²) in [5, 5.41) is 2.33. The fraction of sp³-hybridized carbons (Fsp3) is 0.889. The maximum Gasteiger partial charge on any atom is 0.409 e. The molecule has 1 N–H and O–H groups in total. The molecule has 4 nitrogen and oxygen atoms in total. The second-order valence-electron chi connectivity index (χ2n) is 3.51. The number of hydrogen-bond donors (Lipinski definition) is 1. The first-order valence-electron chi connectivity index (χ1n) is 4.89. The van der Waals surface area contributed by atoms with Crippen LogP contribution in [0.4, 0.5) is 4.79 Å². The highest BCUT2D eigenvalue weighted by atomic mass is 35.6. The number of amides is 1. The van der Waals surface area contributed by atoms with E-state index in [1.54, 1.807) is 6.92 Å². The molecule has 0 aromatic carbocycles. The summed E-state index contributed by atoms with van der Waals surface area (Å²) in [5.41, 5.74) is 0. The van der Waals surface area contributed by atoms with Crippen molar-refractivity contribution in [1.29, 1.82) is 0 Å². The Labute approximate surface area is 111 Å². The fourth-order valence-corrected chi connectivity index (χ4v) is 1.14. The van der Waals surface area contributed by atoms with Crippen LogP contribution in [0.5, 0.6) is 0 Å². The lowest BCUT2D eigenvalue weighted by Crippen LogP contribution is -2.46. The summed E-state index contributed by atoms with van der Waals surface area (Å²) in [5.74, 6) is 0.263. The maximum atomic E-state index is 11.2. The van der Waals surface area contributed by atoms with Gasteiger partial charge in [0.2, 0.25) is 3.79 Å². The molecule has 0 unspecified atom stereocenters. The molecule has 96 valence electrons. The van der Waals surface area contributed by atoms with Gasteiger partial charge in [-0.3, -0.25) is 5.32 Å². The number of nitrogens with one attached hydrogen (secondary N) is 1. The zero-order valence-corrected chi connectivity index (χ0v) is 11.7. The largest absolute Gasteiger partial charge is 0.450 e. The predicted octanol–water partition coefficient (Wildman–Crippen LogP) is 3.10. The summed E-state index contributed by atoms with van der Waals surface area (Å²) in [6.07, 6.45) is -1.71. The van der Waals surface area contributed by atoms with Gasteiger partial charge in [0, 0.05) is 0 Å². The Morgan fingerprint density at radius 3 is 2.31 bits per heavy atom. The Morgan fingerprint density at radius 1 is 1.38 bits per heavy atom. The van der Waals surface area contributed by atoms with Gasteiger partial charge in [-0.05, 0) is 12.8 Å². The third kappa shape index (κ3) is 7.39. The van der Waals surface area contributed by atoms with E-state index in [1.165, 1.54) is 0 Å². The third-order valence-electron chi connectivity index (χ3n) is 1.42. The highest BCUT2D eigenvalue weighted by Crippen LogP contribution is 2.31. The monoisotopic (exact) mass is 291 g/mol. The zero-order valence-electron chi connectivity index (χ0n) is 9.43. The van der Waals surface area contributed by atoms with Crippen LogP contribution in [0.3, 0.4) is 0 Å². The first-order valence-corrected chi connectivity index (χ1v) is 6.02. The van der Waals surface area contributed by atoms with E-state index >= 15 is 0 Å². The average molecular weight is 293 g/mol. The summed E-state index contributed by atoms with van der Waals surface area (Å²) >= 11 is 17.0. The van der Waals surface area contributed by atoms with Crippen LogP contribution in [0.2, 0.25) is 0 Å². The van der Waals surface area contributed by atoms with Gasteiger partial charge in [0.05, 0.1) is 13.2 Å². The van der Waals surface area contributed by atoms with E-state index in [4.69, 9.17) is 39.5 Å². The lowest BCUT2D eigenvalue weighted by atomic mass is 10.2. The van der Waals surface area contributed by atoms with Gasteiger partial charge in [-0.25, -0.2) is 4.79 Å². The van der Waals surface area contributed by atoms with E-state index in [0.29, 0.717) is 6.61 Å². The van der Waals surface area contributed by atoms with Gasteiger partial charge >= 0.3 is 6.09 Å². The molecular weight excluding hydrogens is 276 g/mol. The molecular formula is C9H16Cl3NO3. The van der Waals surface area contributed by atoms with Gasteiger partial charge in [-0.15, -0.1) is 0 Å². The van der Waals surface area contributed by atoms with Crippen molar-refractivity contribution in [2.45, 2.75) is 30.8 Å². The minimum atomic E-state index is -1.73. The summed E-state index contributed by atoms with van der Waals surface area (Å²) in [4.78, 5) is 11.2. The molecule has 7 heteroatoms. The van der Waals surface area contributed by atoms with E-state index in [9.17, 15) is 4.79 Å². The van der Waals surface area contributed by atoms with Crippen LogP contribution >= 0.6 is 34.8 Å². The summed E-state index contributed by atoms with van der Waals surface area (Å²) in [6.45, 7) is 6.17. The van der Waals surface area contributed by atoms with Crippen LogP contribution in [-0.2, 0) is 9.47 Å². The summed E-state index contributed by atoms with van der Waals surface area (Å²) < 4.78 is 8.21. The van der Waals surface area contributed by atoms with Crippen LogP contribution in [0.25, 0.3) is 0 Å². The van der Waals surface area contributed by atoms with Gasteiger partial charge in [-0.2, -0.15) is 0 Å². The number of carbonyl (C=O) groups is 1. The van der Waals surface area contributed by atoms with E-state index in [2.05, 4.69) is 10.1 Å². The van der Waals surface area contributed by atoms with Crippen molar-refractivity contribution in [3.63, 3.8) is 0 Å². The van der Waals surface area contributed by atoms with Crippen LogP contribution in [0.1, 0.15) is 20.8 Å². The number of alkyl carbamates (subject to hydrolysis) is 1. The van der Waals surface area contributed by atoms with Gasteiger partial charge in [0.15, 0.2) is 6.23 Å². The van der Waals surface area contributed by atoms with Gasteiger partial charge < -0.3 is 9.47 Å². The van der Waals surface area contributed by atoms with Gasteiger partial charge in [-0.1, -0.05) is 48.7 Å². The SMILES string of the molecule is CCOC(=O)N[C@@H](OCC(C)C)C(Cl)(Cl)Cl. The summed E-state index contributed by atoms with van der Waals surface area (Å²) in [7, 11) is 0. The zero-order chi connectivity index (χ0) is 12.8. The molecule has 0 bridgehead atoms. The van der Waals surface area contributed by atoms with Crippen molar-refractivity contribution in [1.82, 2.24) is 5.32 Å². The number of rotatable bonds is 5. The molecule has 0 aliphatic carbocycles. The van der Waals surface area contributed by atoms with E-state index < -0.39 is 16.1 Å². The third-order valence-corrected chi connectivity index (χ3v) is 2.01. The topological polar surface area (TPSA) is 47.6 Å². The Balaban J connectivity index is 4.27. The molecule has 0 aromatic rings. The van der Waals surface area contributed by atoms with Gasteiger partial charge in [0.1, 0.15) is 0 Å². The normalized spacial score (nSPS) is 13.7. The highest BCUT2D eigenvalue weighted by molar-refractivity contribution is 6.68. The molecule has 0 aromatic heterocycles. The minimum Gasteiger partial charge on any atom is -0.450 e. The van der Waals surface area contributed by atoms with Crippen molar-refractivity contribution in [2.24, 2.45) is 5.92 Å². The number of hydrogen-bond acceptors (Lipinski definition) is 3. The molecule has 1 atom stereocenters. The minimum absolute atomic E-state index is 0.239. The number of alkyl halides is 3. The molecule has 0 aliphatic heterocycles. The van der Waals surface area contributed by atoms with Crippen molar-refractivity contribution in [2.75, 3.05) is 13.2 Å². The number of ether oxygens (including phenoxy) is 2. The Hall–Kier alpha value is 0.1000. The maximum absolute atomic E-state index is 11.2. The smallest absolute Gasteiger partial charge is 0.409 e. The number of carbonyl (C=O) groups excluding carboxylic acids is 1. The molecule has 0 saturated carbocycles. The summed E-state index contributed by atoms with van der Waals surface area (Å²) in [6, 6.07) is 0. The molecule has 0 heterocycles. The van der Waals surface area contributed by atoms with E-state index in [1.807, 2.05) is 13.8 Å².